The van der Waals surface area contributed by atoms with Gasteiger partial charge in [-0.25, -0.2) is 8.78 Å². The average Bonchev–Trinajstić information content (AvgIpc) is 3.12. The monoisotopic (exact) mass is 478 g/mol. The standard InChI is InChI=1S/C27H36F2O5/c1-2-3-16-26(28,29)27(32)17-15-22-21(23(30)18-24(22)34-27)13-9-4-5-10-14-25(31)33-19-20-11-7-6-8-12-20/h4,6-9,11-12,21-22,24,32H,2-3,5,10,13-19H2,1H3/b9-4-/t21-,22-,24-,27-/m1/s1. The van der Waals surface area contributed by atoms with Crippen LogP contribution in [-0.4, -0.2) is 34.7 Å². The third-order valence-corrected chi connectivity index (χ3v) is 6.94. The van der Waals surface area contributed by atoms with Crippen LogP contribution in [0, 0.1) is 11.8 Å². The first kappa shape index (κ1) is 26.5. The predicted octanol–water partition coefficient (Wildman–Crippen LogP) is 5.74. The Hall–Kier alpha value is -2.12. The van der Waals surface area contributed by atoms with Crippen LogP contribution in [0.25, 0.3) is 0 Å². The van der Waals surface area contributed by atoms with E-state index in [1.54, 1.807) is 0 Å². The lowest BCUT2D eigenvalue weighted by Gasteiger charge is -2.43. The number of Topliss-reactive ketones (excluding diaryl/α,β-unsaturated/α-hetero) is 1. The molecule has 1 aromatic carbocycles. The van der Waals surface area contributed by atoms with Gasteiger partial charge in [0.1, 0.15) is 12.4 Å². The van der Waals surface area contributed by atoms with Crippen molar-refractivity contribution in [3.8, 4) is 0 Å². The maximum absolute atomic E-state index is 14.5. The molecular formula is C27H36F2O5. The normalized spacial score (nSPS) is 27.2. The molecule has 188 valence electrons. The van der Waals surface area contributed by atoms with Crippen molar-refractivity contribution in [1.29, 1.82) is 0 Å². The highest BCUT2D eigenvalue weighted by Crippen LogP contribution is 2.49. The van der Waals surface area contributed by atoms with Crippen molar-refractivity contribution in [2.45, 2.75) is 95.6 Å². The van der Waals surface area contributed by atoms with E-state index in [9.17, 15) is 23.5 Å². The van der Waals surface area contributed by atoms with E-state index in [-0.39, 0.29) is 43.0 Å². The molecule has 0 aromatic heterocycles. The molecule has 1 saturated heterocycles. The molecule has 0 amide bonds. The van der Waals surface area contributed by atoms with E-state index in [2.05, 4.69) is 0 Å². The van der Waals surface area contributed by atoms with Gasteiger partial charge >= 0.3 is 11.9 Å². The number of carbonyl (C=O) groups excluding carboxylic acids is 2. The number of halogens is 2. The summed E-state index contributed by atoms with van der Waals surface area (Å²) in [6.45, 7) is 2.09. The smallest absolute Gasteiger partial charge is 0.306 e. The number of fused-ring (bicyclic) bond motifs is 1. The second-order valence-electron chi connectivity index (χ2n) is 9.47. The highest BCUT2D eigenvalue weighted by atomic mass is 19.3. The van der Waals surface area contributed by atoms with Crippen molar-refractivity contribution in [3.63, 3.8) is 0 Å². The minimum absolute atomic E-state index is 0.00487. The van der Waals surface area contributed by atoms with Crippen LogP contribution in [-0.2, 0) is 25.7 Å². The van der Waals surface area contributed by atoms with E-state index >= 15 is 0 Å². The number of ether oxygens (including phenoxy) is 2. The Morgan fingerprint density at radius 1 is 1.26 bits per heavy atom. The van der Waals surface area contributed by atoms with Gasteiger partial charge in [0.2, 0.25) is 5.79 Å². The minimum Gasteiger partial charge on any atom is -0.461 e. The molecule has 2 fully saturated rings. The van der Waals surface area contributed by atoms with Crippen molar-refractivity contribution in [2.75, 3.05) is 0 Å². The van der Waals surface area contributed by atoms with E-state index < -0.39 is 24.2 Å². The second kappa shape index (κ2) is 12.0. The van der Waals surface area contributed by atoms with Gasteiger partial charge in [-0.15, -0.1) is 0 Å². The van der Waals surface area contributed by atoms with Crippen molar-refractivity contribution >= 4 is 11.8 Å². The van der Waals surface area contributed by atoms with Gasteiger partial charge in [-0.3, -0.25) is 9.59 Å². The van der Waals surface area contributed by atoms with Gasteiger partial charge in [0, 0.05) is 31.6 Å². The van der Waals surface area contributed by atoms with E-state index in [1.807, 2.05) is 49.4 Å². The summed E-state index contributed by atoms with van der Waals surface area (Å²) >= 11 is 0. The number of esters is 1. The first-order chi connectivity index (χ1) is 16.3. The summed E-state index contributed by atoms with van der Waals surface area (Å²) in [7, 11) is 0. The molecule has 1 heterocycles. The first-order valence-corrected chi connectivity index (χ1v) is 12.4. The van der Waals surface area contributed by atoms with Crippen LogP contribution in [0.2, 0.25) is 0 Å². The number of rotatable bonds is 12. The summed E-state index contributed by atoms with van der Waals surface area (Å²) in [5.74, 6) is -6.46. The molecule has 1 aliphatic carbocycles. The third kappa shape index (κ3) is 6.72. The highest BCUT2D eigenvalue weighted by molar-refractivity contribution is 5.84. The van der Waals surface area contributed by atoms with E-state index in [0.717, 1.165) is 5.56 Å². The summed E-state index contributed by atoms with van der Waals surface area (Å²) < 4.78 is 39.8. The van der Waals surface area contributed by atoms with Gasteiger partial charge in [-0.1, -0.05) is 55.8 Å². The predicted molar refractivity (Wildman–Crippen MR) is 124 cm³/mol. The van der Waals surface area contributed by atoms with Crippen LogP contribution < -0.4 is 0 Å². The van der Waals surface area contributed by atoms with Gasteiger partial charge in [0.25, 0.3) is 0 Å². The number of unbranched alkanes of at least 4 members (excludes halogenated alkanes) is 2. The molecule has 0 bridgehead atoms. The van der Waals surface area contributed by atoms with Crippen LogP contribution in [0.5, 0.6) is 0 Å². The molecule has 1 N–H and O–H groups in total. The molecule has 0 radical (unpaired) electrons. The third-order valence-electron chi connectivity index (χ3n) is 6.94. The van der Waals surface area contributed by atoms with Crippen molar-refractivity contribution in [2.24, 2.45) is 11.8 Å². The number of carbonyl (C=O) groups is 2. The molecule has 2 aliphatic rings. The Morgan fingerprint density at radius 3 is 2.76 bits per heavy atom. The van der Waals surface area contributed by atoms with Gasteiger partial charge in [0.05, 0.1) is 6.10 Å². The molecule has 1 saturated carbocycles. The van der Waals surface area contributed by atoms with Crippen molar-refractivity contribution in [1.82, 2.24) is 0 Å². The maximum Gasteiger partial charge on any atom is 0.306 e. The molecule has 0 unspecified atom stereocenters. The Balaban J connectivity index is 1.39. The van der Waals surface area contributed by atoms with Crippen LogP contribution in [0.15, 0.2) is 42.5 Å². The Kier molecular flexibility index (Phi) is 9.37. The molecule has 1 aliphatic heterocycles. The zero-order valence-corrected chi connectivity index (χ0v) is 19.9. The summed E-state index contributed by atoms with van der Waals surface area (Å²) in [4.78, 5) is 24.4. The molecule has 4 atom stereocenters. The molecule has 7 heteroatoms. The topological polar surface area (TPSA) is 72.8 Å². The van der Waals surface area contributed by atoms with Crippen molar-refractivity contribution < 1.29 is 33.0 Å². The molecular weight excluding hydrogens is 442 g/mol. The lowest BCUT2D eigenvalue weighted by Crippen LogP contribution is -2.55. The fraction of sp³-hybridized carbons (Fsp3) is 0.630. The summed E-state index contributed by atoms with van der Waals surface area (Å²) in [6, 6.07) is 9.51. The number of aliphatic hydroxyl groups is 1. The van der Waals surface area contributed by atoms with Gasteiger partial charge < -0.3 is 14.6 Å². The number of benzene rings is 1. The maximum atomic E-state index is 14.5. The van der Waals surface area contributed by atoms with E-state index in [0.29, 0.717) is 44.9 Å². The summed E-state index contributed by atoms with van der Waals surface area (Å²) in [6.07, 6.45) is 6.16. The average molecular weight is 479 g/mol. The van der Waals surface area contributed by atoms with Crippen LogP contribution in [0.4, 0.5) is 8.78 Å². The minimum atomic E-state index is -3.32. The Morgan fingerprint density at radius 2 is 2.03 bits per heavy atom. The van der Waals surface area contributed by atoms with E-state index in [4.69, 9.17) is 9.47 Å². The van der Waals surface area contributed by atoms with Gasteiger partial charge in [0.15, 0.2) is 0 Å². The quantitative estimate of drug-likeness (QED) is 0.235. The highest BCUT2D eigenvalue weighted by Gasteiger charge is 2.59. The molecule has 0 spiro atoms. The fourth-order valence-electron chi connectivity index (χ4n) is 4.89. The number of allylic oxidation sites excluding steroid dienone is 2. The Bertz CT molecular complexity index is 841. The number of alkyl halides is 2. The SMILES string of the molecule is CCCCC(F)(F)[C@@]1(O)CC[C@H]2[C@@H](CC(=O)[C@@H]2C/C=C\CCCC(=O)OCc2ccccc2)O1. The van der Waals surface area contributed by atoms with Gasteiger partial charge in [-0.05, 0) is 43.6 Å². The summed E-state index contributed by atoms with van der Waals surface area (Å²) in [5.41, 5.74) is 0.949. The molecule has 5 nitrogen and oxygen atoms in total. The lowest BCUT2D eigenvalue weighted by molar-refractivity contribution is -0.356. The lowest BCUT2D eigenvalue weighted by atomic mass is 9.82. The summed E-state index contributed by atoms with van der Waals surface area (Å²) in [5, 5.41) is 10.5. The van der Waals surface area contributed by atoms with Gasteiger partial charge in [-0.2, -0.15) is 0 Å². The fourth-order valence-corrected chi connectivity index (χ4v) is 4.89. The van der Waals surface area contributed by atoms with Crippen LogP contribution in [0.1, 0.15) is 76.7 Å². The molecule has 34 heavy (non-hydrogen) atoms. The Labute approximate surface area is 200 Å². The number of ketones is 1. The van der Waals surface area contributed by atoms with E-state index in [1.165, 1.54) is 0 Å². The zero-order chi connectivity index (χ0) is 24.6. The largest absolute Gasteiger partial charge is 0.461 e. The second-order valence-corrected chi connectivity index (χ2v) is 9.47. The molecule has 3 rings (SSSR count). The van der Waals surface area contributed by atoms with Crippen LogP contribution >= 0.6 is 0 Å². The zero-order valence-electron chi connectivity index (χ0n) is 19.9. The molecule has 1 aromatic rings. The van der Waals surface area contributed by atoms with Crippen LogP contribution in [0.3, 0.4) is 0 Å². The van der Waals surface area contributed by atoms with Crippen molar-refractivity contribution in [3.05, 3.63) is 48.0 Å². The first-order valence-electron chi connectivity index (χ1n) is 12.4. The number of hydrogen-bond donors (Lipinski definition) is 1. The number of hydrogen-bond acceptors (Lipinski definition) is 5.